The first kappa shape index (κ1) is 15.2. The topological polar surface area (TPSA) is 61.8 Å². The molecule has 1 rings (SSSR count). The minimum Gasteiger partial charge on any atom is -0.462 e. The molecule has 0 aromatic rings. The van der Waals surface area contributed by atoms with Crippen molar-refractivity contribution in [2.75, 3.05) is 0 Å². The standard InChI is InChI=1S/C11H16O5S2/c1-5(2)14-9(12)7-8(18-11(17)16-7)10(13)15-6(3)4/h5-8H,1-4H3/t7-,8-/m1/s1. The zero-order chi connectivity index (χ0) is 13.9. The summed E-state index contributed by atoms with van der Waals surface area (Å²) in [6.45, 7) is 6.91. The van der Waals surface area contributed by atoms with Gasteiger partial charge >= 0.3 is 11.9 Å². The zero-order valence-corrected chi connectivity index (χ0v) is 12.3. The van der Waals surface area contributed by atoms with Crippen LogP contribution < -0.4 is 0 Å². The van der Waals surface area contributed by atoms with Crippen LogP contribution in [0.5, 0.6) is 0 Å². The Kier molecular flexibility index (Phi) is 5.40. The van der Waals surface area contributed by atoms with Crippen molar-refractivity contribution in [2.45, 2.75) is 51.3 Å². The van der Waals surface area contributed by atoms with E-state index in [4.69, 9.17) is 26.4 Å². The minimum absolute atomic E-state index is 0.159. The highest BCUT2D eigenvalue weighted by molar-refractivity contribution is 8.23. The van der Waals surface area contributed by atoms with Crippen LogP contribution in [-0.2, 0) is 23.8 Å². The van der Waals surface area contributed by atoms with Gasteiger partial charge in [-0.3, -0.25) is 4.79 Å². The highest BCUT2D eigenvalue weighted by Crippen LogP contribution is 2.31. The van der Waals surface area contributed by atoms with Crippen molar-refractivity contribution in [3.63, 3.8) is 0 Å². The molecule has 0 aliphatic carbocycles. The fourth-order valence-corrected chi connectivity index (χ4v) is 2.52. The molecule has 0 saturated carbocycles. The van der Waals surface area contributed by atoms with E-state index >= 15 is 0 Å². The first-order valence-electron chi connectivity index (χ1n) is 5.59. The lowest BCUT2D eigenvalue weighted by Gasteiger charge is -2.17. The maximum absolute atomic E-state index is 11.8. The summed E-state index contributed by atoms with van der Waals surface area (Å²) in [4.78, 5) is 23.6. The first-order valence-corrected chi connectivity index (χ1v) is 6.88. The number of ether oxygens (including phenoxy) is 3. The van der Waals surface area contributed by atoms with Crippen LogP contribution in [0.1, 0.15) is 27.7 Å². The van der Waals surface area contributed by atoms with Crippen molar-refractivity contribution in [2.24, 2.45) is 0 Å². The van der Waals surface area contributed by atoms with Gasteiger partial charge in [0.2, 0.25) is 10.5 Å². The maximum atomic E-state index is 11.8. The summed E-state index contributed by atoms with van der Waals surface area (Å²) < 4.78 is 15.4. The molecule has 1 aliphatic rings. The number of carbonyl (C=O) groups is 2. The lowest BCUT2D eigenvalue weighted by molar-refractivity contribution is -0.161. The van der Waals surface area contributed by atoms with E-state index in [0.29, 0.717) is 0 Å². The van der Waals surface area contributed by atoms with Gasteiger partial charge in [-0.15, -0.1) is 0 Å². The monoisotopic (exact) mass is 292 g/mol. The highest BCUT2D eigenvalue weighted by atomic mass is 32.2. The Morgan fingerprint density at radius 2 is 1.67 bits per heavy atom. The Balaban J connectivity index is 2.72. The molecular weight excluding hydrogens is 276 g/mol. The maximum Gasteiger partial charge on any atom is 0.349 e. The SMILES string of the molecule is CC(C)OC(=O)[C@@H]1OC(=S)S[C@H]1C(=O)OC(C)C. The first-order chi connectivity index (χ1) is 8.31. The van der Waals surface area contributed by atoms with Crippen LogP contribution >= 0.6 is 24.0 Å². The Morgan fingerprint density at radius 1 is 1.17 bits per heavy atom. The Labute approximate surface area is 116 Å². The number of carbonyl (C=O) groups excluding carboxylic acids is 2. The largest absolute Gasteiger partial charge is 0.462 e. The number of thioether (sulfide) groups is 1. The van der Waals surface area contributed by atoms with E-state index in [0.717, 1.165) is 11.8 Å². The fourth-order valence-electron chi connectivity index (χ4n) is 1.30. The lowest BCUT2D eigenvalue weighted by Crippen LogP contribution is -2.39. The van der Waals surface area contributed by atoms with Crippen molar-refractivity contribution < 1.29 is 23.8 Å². The molecule has 1 saturated heterocycles. The van der Waals surface area contributed by atoms with Gasteiger partial charge in [0.05, 0.1) is 12.2 Å². The summed E-state index contributed by atoms with van der Waals surface area (Å²) in [6.07, 6.45) is -1.55. The van der Waals surface area contributed by atoms with Crippen LogP contribution in [0, 0.1) is 0 Å². The molecule has 1 heterocycles. The molecule has 0 aromatic heterocycles. The van der Waals surface area contributed by atoms with Crippen molar-refractivity contribution in [1.82, 2.24) is 0 Å². The van der Waals surface area contributed by atoms with Gasteiger partial charge in [0.15, 0.2) is 5.25 Å². The molecule has 5 nitrogen and oxygen atoms in total. The normalized spacial score (nSPS) is 23.1. The number of hydrogen-bond donors (Lipinski definition) is 0. The molecule has 0 radical (unpaired) electrons. The number of rotatable bonds is 4. The average Bonchev–Trinajstić information content (AvgIpc) is 2.58. The van der Waals surface area contributed by atoms with Crippen molar-refractivity contribution >= 4 is 40.3 Å². The van der Waals surface area contributed by atoms with Crippen LogP contribution in [0.3, 0.4) is 0 Å². The minimum atomic E-state index is -1.02. The molecule has 102 valence electrons. The van der Waals surface area contributed by atoms with E-state index in [1.807, 2.05) is 0 Å². The van der Waals surface area contributed by atoms with Gasteiger partial charge in [0.1, 0.15) is 0 Å². The third kappa shape index (κ3) is 4.13. The summed E-state index contributed by atoms with van der Waals surface area (Å²) in [5.74, 6) is -1.11. The van der Waals surface area contributed by atoms with Crippen molar-refractivity contribution in [3.8, 4) is 0 Å². The zero-order valence-electron chi connectivity index (χ0n) is 10.7. The second-order valence-electron chi connectivity index (χ2n) is 4.30. The summed E-state index contributed by atoms with van der Waals surface area (Å²) in [6, 6.07) is 0. The predicted octanol–water partition coefficient (Wildman–Crippen LogP) is 1.68. The van der Waals surface area contributed by atoms with Crippen LogP contribution in [0.15, 0.2) is 0 Å². The average molecular weight is 292 g/mol. The molecule has 7 heteroatoms. The van der Waals surface area contributed by atoms with Crippen LogP contribution in [0.4, 0.5) is 0 Å². The highest BCUT2D eigenvalue weighted by Gasteiger charge is 2.46. The Bertz CT molecular complexity index is 321. The number of hydrogen-bond acceptors (Lipinski definition) is 7. The van der Waals surface area contributed by atoms with Crippen molar-refractivity contribution in [3.05, 3.63) is 0 Å². The van der Waals surface area contributed by atoms with E-state index in [1.165, 1.54) is 0 Å². The van der Waals surface area contributed by atoms with Gasteiger partial charge in [-0.05, 0) is 39.9 Å². The summed E-state index contributed by atoms with van der Waals surface area (Å²) in [5, 5.41) is -0.786. The van der Waals surface area contributed by atoms with Crippen LogP contribution in [-0.4, -0.2) is 39.9 Å². The molecule has 1 aliphatic heterocycles. The molecule has 0 unspecified atom stereocenters. The van der Waals surface area contributed by atoms with E-state index in [-0.39, 0.29) is 16.6 Å². The molecule has 0 spiro atoms. The molecule has 0 bridgehead atoms. The lowest BCUT2D eigenvalue weighted by atomic mass is 10.2. The van der Waals surface area contributed by atoms with Crippen LogP contribution in [0.2, 0.25) is 0 Å². The van der Waals surface area contributed by atoms with E-state index in [1.54, 1.807) is 27.7 Å². The van der Waals surface area contributed by atoms with Gasteiger partial charge in [0, 0.05) is 0 Å². The van der Waals surface area contributed by atoms with E-state index in [9.17, 15) is 9.59 Å². The molecule has 18 heavy (non-hydrogen) atoms. The smallest absolute Gasteiger partial charge is 0.349 e. The third-order valence-electron chi connectivity index (χ3n) is 1.89. The Morgan fingerprint density at radius 3 is 2.17 bits per heavy atom. The molecular formula is C11H16O5S2. The van der Waals surface area contributed by atoms with Crippen molar-refractivity contribution in [1.29, 1.82) is 0 Å². The summed E-state index contributed by atoms with van der Waals surface area (Å²) in [7, 11) is 0. The summed E-state index contributed by atoms with van der Waals surface area (Å²) in [5.41, 5.74) is 0. The quantitative estimate of drug-likeness (QED) is 0.577. The molecule has 1 fully saturated rings. The van der Waals surface area contributed by atoms with Gasteiger partial charge in [-0.2, -0.15) is 0 Å². The van der Waals surface area contributed by atoms with E-state index in [2.05, 4.69) is 0 Å². The van der Waals surface area contributed by atoms with Gasteiger partial charge in [-0.25, -0.2) is 4.79 Å². The second-order valence-corrected chi connectivity index (χ2v) is 6.04. The molecule has 0 amide bonds. The Hall–Kier alpha value is -0.820. The second kappa shape index (κ2) is 6.38. The van der Waals surface area contributed by atoms with E-state index < -0.39 is 23.3 Å². The fraction of sp³-hybridized carbons (Fsp3) is 0.727. The predicted molar refractivity (Wildman–Crippen MR) is 71.3 cm³/mol. The summed E-state index contributed by atoms with van der Waals surface area (Å²) >= 11 is 5.88. The molecule has 2 atom stereocenters. The van der Waals surface area contributed by atoms with Gasteiger partial charge in [0.25, 0.3) is 0 Å². The molecule has 0 aromatic carbocycles. The number of esters is 2. The van der Waals surface area contributed by atoms with Gasteiger partial charge < -0.3 is 14.2 Å². The number of thiocarbonyl (C=S) groups is 1. The molecule has 0 N–H and O–H groups in total. The van der Waals surface area contributed by atoms with Gasteiger partial charge in [-0.1, -0.05) is 11.8 Å². The van der Waals surface area contributed by atoms with Crippen LogP contribution in [0.25, 0.3) is 0 Å². The third-order valence-corrected chi connectivity index (χ3v) is 3.26.